The lowest BCUT2D eigenvalue weighted by molar-refractivity contribution is 0.793. The lowest BCUT2D eigenvalue weighted by atomic mass is 9.70. The average molecular weight is 666 g/mol. The van der Waals surface area contributed by atoms with Crippen molar-refractivity contribution in [1.82, 2.24) is 0 Å². The fourth-order valence-electron chi connectivity index (χ4n) is 9.44. The van der Waals surface area contributed by atoms with E-state index in [9.17, 15) is 0 Å². The van der Waals surface area contributed by atoms with Gasteiger partial charge in [-0.25, -0.2) is 0 Å². The lowest BCUT2D eigenvalue weighted by Gasteiger charge is -2.37. The van der Waals surface area contributed by atoms with E-state index in [0.717, 1.165) is 18.5 Å². The molecule has 0 heterocycles. The number of nitrogens with zero attached hydrogens (tertiary/aromatic N) is 1. The van der Waals surface area contributed by atoms with Gasteiger partial charge in [0.15, 0.2) is 0 Å². The van der Waals surface area contributed by atoms with Crippen molar-refractivity contribution in [2.24, 2.45) is 0 Å². The van der Waals surface area contributed by atoms with Crippen molar-refractivity contribution in [3.63, 3.8) is 0 Å². The molecule has 0 radical (unpaired) electrons. The summed E-state index contributed by atoms with van der Waals surface area (Å²) in [5, 5.41) is 0. The maximum absolute atomic E-state index is 2.56. The summed E-state index contributed by atoms with van der Waals surface area (Å²) in [6.45, 7) is 4.56. The van der Waals surface area contributed by atoms with E-state index in [2.05, 4.69) is 195 Å². The van der Waals surface area contributed by atoms with Gasteiger partial charge in [0, 0.05) is 11.3 Å². The van der Waals surface area contributed by atoms with Gasteiger partial charge < -0.3 is 4.90 Å². The molecule has 1 heteroatoms. The summed E-state index contributed by atoms with van der Waals surface area (Å²) >= 11 is 0. The van der Waals surface area contributed by atoms with Crippen LogP contribution in [0.25, 0.3) is 39.0 Å². The van der Waals surface area contributed by atoms with Crippen LogP contribution < -0.4 is 4.90 Å². The molecule has 0 unspecified atom stereocenters. The monoisotopic (exact) mass is 665 g/mol. The van der Waals surface area contributed by atoms with Crippen LogP contribution in [0.15, 0.2) is 176 Å². The third-order valence-electron chi connectivity index (χ3n) is 11.5. The first kappa shape index (κ1) is 30.6. The zero-order chi connectivity index (χ0) is 34.8. The topological polar surface area (TPSA) is 3.24 Å². The molecule has 0 fully saturated rings. The summed E-state index contributed by atoms with van der Waals surface area (Å²) in [5.41, 5.74) is 21.3. The van der Waals surface area contributed by atoms with Crippen molar-refractivity contribution in [3.05, 3.63) is 215 Å². The quantitative estimate of drug-likeness (QED) is 0.177. The maximum atomic E-state index is 2.56. The van der Waals surface area contributed by atoms with E-state index < -0.39 is 5.41 Å². The Morgan fingerprint density at radius 3 is 1.63 bits per heavy atom. The van der Waals surface area contributed by atoms with E-state index in [-0.39, 0.29) is 0 Å². The maximum Gasteiger partial charge on any atom is 0.0746 e. The van der Waals surface area contributed by atoms with E-state index in [1.165, 1.54) is 89.3 Å². The third kappa shape index (κ3) is 4.42. The standard InChI is InChI=1S/C51H39N/c1-34-32-39(37-18-7-4-8-19-37)33-35(2)50(34)52(40-30-28-38(29-31-40)36-16-5-3-6-17-36)48-27-15-23-44-43-22-11-14-26-47(43)51(49(44)48)45-24-12-9-20-41(45)42-21-10-13-25-46(42)51/h4-5,7-33H,3,6H2,1-2H3. The number of benzene rings is 7. The van der Waals surface area contributed by atoms with Gasteiger partial charge in [-0.05, 0) is 129 Å². The third-order valence-corrected chi connectivity index (χ3v) is 11.5. The summed E-state index contributed by atoms with van der Waals surface area (Å²) in [7, 11) is 0. The molecule has 3 aliphatic rings. The molecule has 248 valence electrons. The SMILES string of the molecule is Cc1cc(-c2ccccc2)cc(C)c1N(c1ccc(C2=CCCC=C2)cc1)c1cccc2c1C1(c3ccccc3-c3ccccc31)c1ccccc1-2. The van der Waals surface area contributed by atoms with E-state index in [0.29, 0.717) is 0 Å². The van der Waals surface area contributed by atoms with E-state index in [4.69, 9.17) is 0 Å². The molecule has 10 rings (SSSR count). The second kappa shape index (κ2) is 12.0. The molecule has 0 amide bonds. The molecule has 0 saturated heterocycles. The van der Waals surface area contributed by atoms with Gasteiger partial charge in [0.05, 0.1) is 16.8 Å². The number of aryl methyl sites for hydroxylation is 2. The van der Waals surface area contributed by atoms with Crippen LogP contribution in [-0.4, -0.2) is 0 Å². The Morgan fingerprint density at radius 1 is 0.481 bits per heavy atom. The second-order valence-electron chi connectivity index (χ2n) is 14.4. The van der Waals surface area contributed by atoms with Gasteiger partial charge in [0.25, 0.3) is 0 Å². The number of anilines is 3. The van der Waals surface area contributed by atoms with Crippen LogP contribution in [0, 0.1) is 13.8 Å². The summed E-state index contributed by atoms with van der Waals surface area (Å²) in [6, 6.07) is 59.0. The van der Waals surface area contributed by atoms with Crippen molar-refractivity contribution in [2.75, 3.05) is 4.90 Å². The van der Waals surface area contributed by atoms with Gasteiger partial charge in [-0.3, -0.25) is 0 Å². The highest BCUT2D eigenvalue weighted by Gasteiger charge is 2.53. The van der Waals surface area contributed by atoms with Crippen molar-refractivity contribution >= 4 is 22.6 Å². The summed E-state index contributed by atoms with van der Waals surface area (Å²) in [4.78, 5) is 2.56. The molecule has 0 aromatic heterocycles. The van der Waals surface area contributed by atoms with E-state index in [1.807, 2.05) is 0 Å². The van der Waals surface area contributed by atoms with Gasteiger partial charge in [0.1, 0.15) is 0 Å². The van der Waals surface area contributed by atoms with Crippen LogP contribution in [0.2, 0.25) is 0 Å². The van der Waals surface area contributed by atoms with Crippen LogP contribution in [0.5, 0.6) is 0 Å². The van der Waals surface area contributed by atoms with Gasteiger partial charge >= 0.3 is 0 Å². The van der Waals surface area contributed by atoms with Gasteiger partial charge in [-0.15, -0.1) is 0 Å². The van der Waals surface area contributed by atoms with Crippen molar-refractivity contribution in [2.45, 2.75) is 32.1 Å². The molecule has 7 aromatic carbocycles. The Kier molecular flexibility index (Phi) is 7.05. The highest BCUT2D eigenvalue weighted by Crippen LogP contribution is 2.65. The van der Waals surface area contributed by atoms with E-state index >= 15 is 0 Å². The van der Waals surface area contributed by atoms with E-state index in [1.54, 1.807) is 0 Å². The number of allylic oxidation sites excluding steroid dienone is 4. The molecule has 3 aliphatic carbocycles. The molecule has 1 nitrogen and oxygen atoms in total. The summed E-state index contributed by atoms with van der Waals surface area (Å²) < 4.78 is 0. The molecular weight excluding hydrogens is 627 g/mol. The zero-order valence-corrected chi connectivity index (χ0v) is 29.6. The first-order valence-corrected chi connectivity index (χ1v) is 18.5. The van der Waals surface area contributed by atoms with Crippen LogP contribution >= 0.6 is 0 Å². The number of hydrogen-bond donors (Lipinski definition) is 0. The highest BCUT2D eigenvalue weighted by molar-refractivity contribution is 6.00. The first-order chi connectivity index (χ1) is 25.6. The molecule has 1 spiro atoms. The van der Waals surface area contributed by atoms with Crippen LogP contribution in [0.3, 0.4) is 0 Å². The molecule has 0 bridgehead atoms. The van der Waals surface area contributed by atoms with Crippen LogP contribution in [-0.2, 0) is 5.41 Å². The molecular formula is C51H39N. The summed E-state index contributed by atoms with van der Waals surface area (Å²) in [6.07, 6.45) is 9.13. The van der Waals surface area contributed by atoms with Crippen LogP contribution in [0.1, 0.15) is 51.8 Å². The molecule has 52 heavy (non-hydrogen) atoms. The number of fused-ring (bicyclic) bond motifs is 10. The van der Waals surface area contributed by atoms with Gasteiger partial charge in [-0.1, -0.05) is 146 Å². The minimum Gasteiger partial charge on any atom is -0.310 e. The van der Waals surface area contributed by atoms with Crippen molar-refractivity contribution in [1.29, 1.82) is 0 Å². The Bertz CT molecular complexity index is 2500. The fourth-order valence-corrected chi connectivity index (χ4v) is 9.44. The minimum atomic E-state index is -0.461. The number of rotatable bonds is 5. The Morgan fingerprint density at radius 2 is 1.04 bits per heavy atom. The number of hydrogen-bond acceptors (Lipinski definition) is 1. The summed E-state index contributed by atoms with van der Waals surface area (Å²) in [5.74, 6) is 0. The highest BCUT2D eigenvalue weighted by atomic mass is 15.2. The molecule has 0 saturated carbocycles. The predicted octanol–water partition coefficient (Wildman–Crippen LogP) is 13.5. The average Bonchev–Trinajstić information content (AvgIpc) is 3.68. The molecule has 0 N–H and O–H groups in total. The van der Waals surface area contributed by atoms with Gasteiger partial charge in [0.2, 0.25) is 0 Å². The zero-order valence-electron chi connectivity index (χ0n) is 29.6. The largest absolute Gasteiger partial charge is 0.310 e. The fraction of sp³-hybridized carbons (Fsp3) is 0.0980. The molecule has 0 atom stereocenters. The smallest absolute Gasteiger partial charge is 0.0746 e. The van der Waals surface area contributed by atoms with Crippen LogP contribution in [0.4, 0.5) is 17.1 Å². The Labute approximate surface area is 306 Å². The molecule has 0 aliphatic heterocycles. The van der Waals surface area contributed by atoms with Crippen molar-refractivity contribution in [3.8, 4) is 33.4 Å². The normalized spacial score (nSPS) is 14.4. The Balaban J connectivity index is 1.27. The lowest BCUT2D eigenvalue weighted by Crippen LogP contribution is -2.28. The second-order valence-corrected chi connectivity index (χ2v) is 14.4. The first-order valence-electron chi connectivity index (χ1n) is 18.5. The molecule has 7 aromatic rings. The predicted molar refractivity (Wildman–Crippen MR) is 219 cm³/mol. The Hall–Kier alpha value is -6.18. The van der Waals surface area contributed by atoms with Gasteiger partial charge in [-0.2, -0.15) is 0 Å². The minimum absolute atomic E-state index is 0.461. The van der Waals surface area contributed by atoms with Crippen molar-refractivity contribution < 1.29 is 0 Å².